The fraction of sp³-hybridized carbons (Fsp3) is 0.974. The lowest BCUT2D eigenvalue weighted by molar-refractivity contribution is -0.145. The third kappa shape index (κ3) is 23.4. The lowest BCUT2D eigenvalue weighted by Gasteiger charge is -2.39. The summed E-state index contributed by atoms with van der Waals surface area (Å²) in [5.41, 5.74) is 0. The van der Waals surface area contributed by atoms with Gasteiger partial charge in [0.05, 0.1) is 13.2 Å². The van der Waals surface area contributed by atoms with Crippen LogP contribution in [0.1, 0.15) is 181 Å². The van der Waals surface area contributed by atoms with Crippen LogP contribution in [-0.4, -0.2) is 72.9 Å². The molecule has 0 aromatic carbocycles. The van der Waals surface area contributed by atoms with Gasteiger partial charge in [-0.1, -0.05) is 130 Å². The van der Waals surface area contributed by atoms with Crippen molar-refractivity contribution in [3.63, 3.8) is 0 Å². The van der Waals surface area contributed by atoms with Crippen LogP contribution in [0, 0.1) is 5.92 Å². The van der Waals surface area contributed by atoms with Gasteiger partial charge in [-0.15, -0.1) is 0 Å². The van der Waals surface area contributed by atoms with Crippen LogP contribution in [0.15, 0.2) is 0 Å². The molecule has 43 heavy (non-hydrogen) atoms. The Balaban J connectivity index is 2.30. The standard InChI is InChI=1S/C38H76N2O3/c1-4-7-10-13-15-18-24-36(25-19-16-14-11-8-5-2)35-43-38(42)28-20-17-22-30-40(37-26-23-27-37)32-31-39(33-34-41)29-21-12-9-6-3/h36-37,41H,4-35H2,1-3H3. The molecule has 0 spiro atoms. The Bertz CT molecular complexity index is 582. The second-order valence-corrected chi connectivity index (χ2v) is 13.7. The first kappa shape index (κ1) is 40.4. The van der Waals surface area contributed by atoms with Crippen molar-refractivity contribution in [2.24, 2.45) is 5.92 Å². The van der Waals surface area contributed by atoms with Crippen molar-refractivity contribution in [2.45, 2.75) is 187 Å². The van der Waals surface area contributed by atoms with Crippen LogP contribution in [-0.2, 0) is 9.53 Å². The van der Waals surface area contributed by atoms with Gasteiger partial charge in [-0.25, -0.2) is 0 Å². The second-order valence-electron chi connectivity index (χ2n) is 13.7. The van der Waals surface area contributed by atoms with Crippen LogP contribution in [0.5, 0.6) is 0 Å². The van der Waals surface area contributed by atoms with Crippen LogP contribution in [0.4, 0.5) is 0 Å². The van der Waals surface area contributed by atoms with Gasteiger partial charge in [0, 0.05) is 32.1 Å². The molecule has 5 nitrogen and oxygen atoms in total. The Morgan fingerprint density at radius 3 is 1.74 bits per heavy atom. The number of nitrogens with zero attached hydrogens (tertiary/aromatic N) is 2. The zero-order valence-corrected chi connectivity index (χ0v) is 29.4. The van der Waals surface area contributed by atoms with Gasteiger partial charge >= 0.3 is 5.97 Å². The maximum absolute atomic E-state index is 12.6. The SMILES string of the molecule is CCCCCCCCC(CCCCCCCC)COC(=O)CCCCCN(CCN(CCO)CCCCCC)C1CCC1. The first-order valence-corrected chi connectivity index (χ1v) is 19.4. The van der Waals surface area contributed by atoms with Crippen LogP contribution in [0.25, 0.3) is 0 Å². The van der Waals surface area contributed by atoms with E-state index in [1.54, 1.807) is 0 Å². The molecule has 0 amide bonds. The number of hydrogen-bond donors (Lipinski definition) is 1. The third-order valence-electron chi connectivity index (χ3n) is 9.78. The van der Waals surface area contributed by atoms with Gasteiger partial charge < -0.3 is 9.84 Å². The predicted octanol–water partition coefficient (Wildman–Crippen LogP) is 9.94. The Labute approximate surface area is 269 Å². The average molecular weight is 609 g/mol. The summed E-state index contributed by atoms with van der Waals surface area (Å²) in [6, 6.07) is 0.747. The molecule has 0 aliphatic heterocycles. The molecule has 0 heterocycles. The Morgan fingerprint density at radius 2 is 1.19 bits per heavy atom. The van der Waals surface area contributed by atoms with E-state index in [0.29, 0.717) is 18.9 Å². The van der Waals surface area contributed by atoms with Crippen LogP contribution in [0.3, 0.4) is 0 Å². The van der Waals surface area contributed by atoms with Gasteiger partial charge in [-0.2, -0.15) is 0 Å². The molecule has 1 rings (SSSR count). The van der Waals surface area contributed by atoms with E-state index in [4.69, 9.17) is 4.74 Å². The fourth-order valence-corrected chi connectivity index (χ4v) is 6.52. The molecule has 0 aromatic rings. The molecule has 256 valence electrons. The number of carbonyl (C=O) groups is 1. The van der Waals surface area contributed by atoms with E-state index in [1.165, 1.54) is 141 Å². The number of carbonyl (C=O) groups excluding carboxylic acids is 1. The first-order valence-electron chi connectivity index (χ1n) is 19.4. The minimum Gasteiger partial charge on any atom is -0.465 e. The number of ether oxygens (including phenoxy) is 1. The highest BCUT2D eigenvalue weighted by Crippen LogP contribution is 2.25. The van der Waals surface area contributed by atoms with E-state index in [9.17, 15) is 9.90 Å². The summed E-state index contributed by atoms with van der Waals surface area (Å²) in [4.78, 5) is 17.8. The quantitative estimate of drug-likeness (QED) is 0.0593. The molecule has 1 aliphatic rings. The van der Waals surface area contributed by atoms with Gasteiger partial charge in [0.25, 0.3) is 0 Å². The van der Waals surface area contributed by atoms with E-state index in [0.717, 1.165) is 51.6 Å². The molecule has 5 heteroatoms. The summed E-state index contributed by atoms with van der Waals surface area (Å²) in [6.45, 7) is 12.9. The number of hydrogen-bond acceptors (Lipinski definition) is 5. The number of aliphatic hydroxyl groups excluding tert-OH is 1. The lowest BCUT2D eigenvalue weighted by atomic mass is 9.91. The molecule has 0 unspecified atom stereocenters. The van der Waals surface area contributed by atoms with Gasteiger partial charge in [0.1, 0.15) is 0 Å². The third-order valence-corrected chi connectivity index (χ3v) is 9.78. The average Bonchev–Trinajstić information content (AvgIpc) is 2.98. The molecule has 1 aliphatic carbocycles. The zero-order valence-electron chi connectivity index (χ0n) is 29.4. The van der Waals surface area contributed by atoms with Gasteiger partial charge in [0.2, 0.25) is 0 Å². The zero-order chi connectivity index (χ0) is 31.2. The largest absolute Gasteiger partial charge is 0.465 e. The van der Waals surface area contributed by atoms with Crippen molar-refractivity contribution in [1.29, 1.82) is 0 Å². The smallest absolute Gasteiger partial charge is 0.305 e. The van der Waals surface area contributed by atoms with Crippen LogP contribution in [0.2, 0.25) is 0 Å². The summed E-state index contributed by atoms with van der Waals surface area (Å²) in [5.74, 6) is 0.573. The van der Waals surface area contributed by atoms with E-state index < -0.39 is 0 Å². The molecule has 0 radical (unpaired) electrons. The molecule has 1 fully saturated rings. The topological polar surface area (TPSA) is 53.0 Å². The Kier molecular flexibility index (Phi) is 28.2. The van der Waals surface area contributed by atoms with Crippen molar-refractivity contribution in [1.82, 2.24) is 9.80 Å². The highest BCUT2D eigenvalue weighted by Gasteiger charge is 2.24. The number of esters is 1. The van der Waals surface area contributed by atoms with Crippen LogP contribution >= 0.6 is 0 Å². The molecule has 0 aromatic heterocycles. The second kappa shape index (κ2) is 30.0. The van der Waals surface area contributed by atoms with Gasteiger partial charge in [0.15, 0.2) is 0 Å². The number of aliphatic hydroxyl groups is 1. The summed E-state index contributed by atoms with van der Waals surface area (Å²) >= 11 is 0. The molecule has 0 saturated heterocycles. The molecule has 0 atom stereocenters. The Morgan fingerprint density at radius 1 is 0.651 bits per heavy atom. The summed E-state index contributed by atoms with van der Waals surface area (Å²) < 4.78 is 5.85. The van der Waals surface area contributed by atoms with Crippen LogP contribution < -0.4 is 0 Å². The maximum Gasteiger partial charge on any atom is 0.305 e. The molecule has 1 saturated carbocycles. The van der Waals surface area contributed by atoms with Crippen molar-refractivity contribution in [2.75, 3.05) is 45.9 Å². The predicted molar refractivity (Wildman–Crippen MR) is 186 cm³/mol. The summed E-state index contributed by atoms with van der Waals surface area (Å²) in [6.07, 6.45) is 31.4. The number of rotatable bonds is 33. The normalized spacial score (nSPS) is 13.8. The monoisotopic (exact) mass is 609 g/mol. The highest BCUT2D eigenvalue weighted by molar-refractivity contribution is 5.69. The van der Waals surface area contributed by atoms with E-state index in [1.807, 2.05) is 0 Å². The van der Waals surface area contributed by atoms with E-state index >= 15 is 0 Å². The van der Waals surface area contributed by atoms with Gasteiger partial charge in [-0.05, 0) is 64.0 Å². The molecule has 1 N–H and O–H groups in total. The summed E-state index contributed by atoms with van der Waals surface area (Å²) in [5, 5.41) is 9.54. The first-order chi connectivity index (χ1) is 21.1. The minimum atomic E-state index is 0.0226. The van der Waals surface area contributed by atoms with E-state index in [2.05, 4.69) is 30.6 Å². The van der Waals surface area contributed by atoms with E-state index in [-0.39, 0.29) is 12.6 Å². The molecular formula is C38H76N2O3. The lowest BCUT2D eigenvalue weighted by Crippen LogP contribution is -2.45. The molecular weight excluding hydrogens is 532 g/mol. The van der Waals surface area contributed by atoms with Crippen molar-refractivity contribution >= 4 is 5.97 Å². The van der Waals surface area contributed by atoms with Gasteiger partial charge in [-0.3, -0.25) is 14.6 Å². The minimum absolute atomic E-state index is 0.0226. The highest BCUT2D eigenvalue weighted by atomic mass is 16.5. The molecule has 0 bridgehead atoms. The maximum atomic E-state index is 12.6. The fourth-order valence-electron chi connectivity index (χ4n) is 6.52. The van der Waals surface area contributed by atoms with Crippen molar-refractivity contribution in [3.8, 4) is 0 Å². The Hall–Kier alpha value is -0.650. The summed E-state index contributed by atoms with van der Waals surface area (Å²) in [7, 11) is 0. The van der Waals surface area contributed by atoms with Crippen molar-refractivity contribution in [3.05, 3.63) is 0 Å². The number of unbranched alkanes of at least 4 members (excludes halogenated alkanes) is 15. The van der Waals surface area contributed by atoms with Crippen molar-refractivity contribution < 1.29 is 14.6 Å².